The van der Waals surface area contributed by atoms with E-state index in [1.165, 1.54) is 43.5 Å². The Labute approximate surface area is 177 Å². The predicted molar refractivity (Wildman–Crippen MR) is 114 cm³/mol. The minimum Gasteiger partial charge on any atom is -0.453 e. The molecule has 0 spiro atoms. The highest BCUT2D eigenvalue weighted by atomic mass is 35.5. The van der Waals surface area contributed by atoms with Gasteiger partial charge in [-0.25, -0.2) is 4.39 Å². The maximum absolute atomic E-state index is 14.3. The fourth-order valence-corrected chi connectivity index (χ4v) is 2.67. The summed E-state index contributed by atoms with van der Waals surface area (Å²) >= 11 is 5.96. The first kappa shape index (κ1) is 21.0. The van der Waals surface area contributed by atoms with Gasteiger partial charge in [-0.1, -0.05) is 17.7 Å². The number of nitrogens with zero attached hydrogens (tertiary/aromatic N) is 1. The Hall–Kier alpha value is -3.71. The molecule has 0 unspecified atom stereocenters. The zero-order chi connectivity index (χ0) is 21.5. The fourth-order valence-electron chi connectivity index (χ4n) is 2.50. The second-order valence-corrected chi connectivity index (χ2v) is 6.61. The lowest BCUT2D eigenvalue weighted by Gasteiger charge is -2.10. The molecule has 1 heterocycles. The molecule has 0 aliphatic rings. The fraction of sp³-hybridized carbons (Fsp3) is 0.0455. The van der Waals surface area contributed by atoms with E-state index in [1.807, 2.05) is 0 Å². The van der Waals surface area contributed by atoms with Crippen LogP contribution in [0.4, 0.5) is 15.8 Å². The van der Waals surface area contributed by atoms with E-state index in [-0.39, 0.29) is 11.7 Å². The molecule has 30 heavy (non-hydrogen) atoms. The second kappa shape index (κ2) is 9.67. The third-order valence-corrected chi connectivity index (χ3v) is 4.03. The van der Waals surface area contributed by atoms with Crippen LogP contribution >= 0.6 is 11.6 Å². The lowest BCUT2D eigenvalue weighted by Crippen LogP contribution is -2.13. The third-order valence-electron chi connectivity index (χ3n) is 3.80. The Morgan fingerprint density at radius 3 is 2.63 bits per heavy atom. The summed E-state index contributed by atoms with van der Waals surface area (Å²) in [5.41, 5.74) is 1.23. The van der Waals surface area contributed by atoms with Crippen LogP contribution in [0.2, 0.25) is 5.02 Å². The molecule has 0 atom stereocenters. The van der Waals surface area contributed by atoms with Crippen LogP contribution in [0.25, 0.3) is 6.08 Å². The molecule has 1 aromatic heterocycles. The van der Waals surface area contributed by atoms with Crippen molar-refractivity contribution in [2.45, 2.75) is 6.92 Å². The standard InChI is InChI=1S/C22H17ClFN3O3/c1-14(28)26-19-7-6-16(23)12-20(19)27-22(29)9-5-15-4-8-21(18(24)11-15)30-17-3-2-10-25-13-17/h2-13H,1H3,(H,26,28)(H,27,29)/b9-5+. The highest BCUT2D eigenvalue weighted by Crippen LogP contribution is 2.27. The lowest BCUT2D eigenvalue weighted by atomic mass is 10.2. The minimum atomic E-state index is -0.579. The number of benzene rings is 2. The summed E-state index contributed by atoms with van der Waals surface area (Å²) in [5.74, 6) is -0.879. The van der Waals surface area contributed by atoms with Crippen LogP contribution in [0.15, 0.2) is 67.0 Å². The van der Waals surface area contributed by atoms with Crippen LogP contribution in [-0.4, -0.2) is 16.8 Å². The van der Waals surface area contributed by atoms with Gasteiger partial charge in [-0.05, 0) is 54.1 Å². The summed E-state index contributed by atoms with van der Waals surface area (Å²) in [6.07, 6.45) is 5.76. The number of carbonyl (C=O) groups is 2. The molecular formula is C22H17ClFN3O3. The van der Waals surface area contributed by atoms with Gasteiger partial charge in [0.15, 0.2) is 11.6 Å². The molecule has 6 nitrogen and oxygen atoms in total. The Morgan fingerprint density at radius 1 is 1.10 bits per heavy atom. The Kier molecular flexibility index (Phi) is 6.77. The van der Waals surface area contributed by atoms with E-state index in [0.29, 0.717) is 27.7 Å². The zero-order valence-electron chi connectivity index (χ0n) is 15.9. The smallest absolute Gasteiger partial charge is 0.248 e. The number of aromatic nitrogens is 1. The molecule has 2 aromatic carbocycles. The van der Waals surface area contributed by atoms with Crippen LogP contribution in [-0.2, 0) is 9.59 Å². The molecule has 2 amide bonds. The van der Waals surface area contributed by atoms with Gasteiger partial charge in [-0.15, -0.1) is 0 Å². The molecule has 3 aromatic rings. The molecule has 0 bridgehead atoms. The predicted octanol–water partition coefficient (Wildman–Crippen LogP) is 5.28. The van der Waals surface area contributed by atoms with E-state index in [9.17, 15) is 14.0 Å². The quantitative estimate of drug-likeness (QED) is 0.527. The number of hydrogen-bond donors (Lipinski definition) is 2. The van der Waals surface area contributed by atoms with Gasteiger partial charge in [0.1, 0.15) is 5.75 Å². The zero-order valence-corrected chi connectivity index (χ0v) is 16.6. The first-order valence-corrected chi connectivity index (χ1v) is 9.22. The summed E-state index contributed by atoms with van der Waals surface area (Å²) < 4.78 is 19.7. The number of amides is 2. The van der Waals surface area contributed by atoms with Crippen LogP contribution < -0.4 is 15.4 Å². The van der Waals surface area contributed by atoms with Crippen molar-refractivity contribution in [3.63, 3.8) is 0 Å². The van der Waals surface area contributed by atoms with E-state index >= 15 is 0 Å². The number of nitrogens with one attached hydrogen (secondary N) is 2. The van der Waals surface area contributed by atoms with E-state index in [4.69, 9.17) is 16.3 Å². The molecule has 8 heteroatoms. The number of ether oxygens (including phenoxy) is 1. The summed E-state index contributed by atoms with van der Waals surface area (Å²) in [7, 11) is 0. The number of carbonyl (C=O) groups excluding carboxylic acids is 2. The number of pyridine rings is 1. The van der Waals surface area contributed by atoms with Crippen molar-refractivity contribution in [3.8, 4) is 11.5 Å². The van der Waals surface area contributed by atoms with Gasteiger partial charge in [-0.2, -0.15) is 0 Å². The van der Waals surface area contributed by atoms with Gasteiger partial charge in [0.05, 0.1) is 17.6 Å². The van der Waals surface area contributed by atoms with Crippen molar-refractivity contribution < 1.29 is 18.7 Å². The SMILES string of the molecule is CC(=O)Nc1ccc(Cl)cc1NC(=O)/C=C/c1ccc(Oc2cccnc2)c(F)c1. The summed E-state index contributed by atoms with van der Waals surface area (Å²) in [6.45, 7) is 1.36. The number of rotatable bonds is 6. The van der Waals surface area contributed by atoms with Crippen molar-refractivity contribution in [2.75, 3.05) is 10.6 Å². The minimum absolute atomic E-state index is 0.0449. The number of anilines is 2. The average Bonchev–Trinajstić information content (AvgIpc) is 2.71. The van der Waals surface area contributed by atoms with Gasteiger partial charge in [0.25, 0.3) is 0 Å². The molecule has 0 saturated heterocycles. The molecular weight excluding hydrogens is 409 g/mol. The number of halogens is 2. The normalized spacial score (nSPS) is 10.6. The molecule has 0 radical (unpaired) electrons. The molecule has 0 aliphatic heterocycles. The van der Waals surface area contributed by atoms with Gasteiger partial charge < -0.3 is 15.4 Å². The van der Waals surface area contributed by atoms with Crippen LogP contribution in [0.3, 0.4) is 0 Å². The molecule has 3 rings (SSSR count). The number of hydrogen-bond acceptors (Lipinski definition) is 4. The topological polar surface area (TPSA) is 80.3 Å². The van der Waals surface area contributed by atoms with Crippen LogP contribution in [0, 0.1) is 5.82 Å². The average molecular weight is 426 g/mol. The highest BCUT2D eigenvalue weighted by Gasteiger charge is 2.08. The largest absolute Gasteiger partial charge is 0.453 e. The van der Waals surface area contributed by atoms with E-state index < -0.39 is 11.7 Å². The first-order valence-electron chi connectivity index (χ1n) is 8.84. The summed E-state index contributed by atoms with van der Waals surface area (Å²) in [4.78, 5) is 27.5. The van der Waals surface area contributed by atoms with Crippen molar-refractivity contribution in [1.29, 1.82) is 0 Å². The summed E-state index contributed by atoms with van der Waals surface area (Å²) in [5, 5.41) is 5.64. The van der Waals surface area contributed by atoms with Gasteiger partial charge >= 0.3 is 0 Å². The Bertz CT molecular complexity index is 1100. The van der Waals surface area contributed by atoms with Crippen LogP contribution in [0.1, 0.15) is 12.5 Å². The van der Waals surface area contributed by atoms with Crippen molar-refractivity contribution in [2.24, 2.45) is 0 Å². The highest BCUT2D eigenvalue weighted by molar-refractivity contribution is 6.31. The maximum atomic E-state index is 14.3. The van der Waals surface area contributed by atoms with Gasteiger partial charge in [-0.3, -0.25) is 14.6 Å². The van der Waals surface area contributed by atoms with Crippen molar-refractivity contribution in [3.05, 3.63) is 83.4 Å². The third kappa shape index (κ3) is 5.89. The van der Waals surface area contributed by atoms with Crippen molar-refractivity contribution in [1.82, 2.24) is 4.98 Å². The molecule has 0 saturated carbocycles. The van der Waals surface area contributed by atoms with Gasteiger partial charge in [0, 0.05) is 24.2 Å². The summed E-state index contributed by atoms with van der Waals surface area (Å²) in [6, 6.07) is 12.4. The monoisotopic (exact) mass is 425 g/mol. The Balaban J connectivity index is 1.69. The van der Waals surface area contributed by atoms with Crippen LogP contribution in [0.5, 0.6) is 11.5 Å². The first-order chi connectivity index (χ1) is 14.4. The van der Waals surface area contributed by atoms with Crippen molar-refractivity contribution >= 4 is 40.9 Å². The maximum Gasteiger partial charge on any atom is 0.248 e. The molecule has 2 N–H and O–H groups in total. The van der Waals surface area contributed by atoms with Gasteiger partial charge in [0.2, 0.25) is 11.8 Å². The van der Waals surface area contributed by atoms with E-state index in [2.05, 4.69) is 15.6 Å². The lowest BCUT2D eigenvalue weighted by molar-refractivity contribution is -0.114. The second-order valence-electron chi connectivity index (χ2n) is 6.17. The molecule has 0 aliphatic carbocycles. The molecule has 152 valence electrons. The Morgan fingerprint density at radius 2 is 1.93 bits per heavy atom. The molecule has 0 fully saturated rings. The van der Waals surface area contributed by atoms with E-state index in [0.717, 1.165) is 0 Å². The van der Waals surface area contributed by atoms with E-state index in [1.54, 1.807) is 36.5 Å².